The number of aromatic amines is 3. The Morgan fingerprint density at radius 1 is 1.10 bits per heavy atom. The number of rotatable bonds is 7. The summed E-state index contributed by atoms with van der Waals surface area (Å²) in [4.78, 5) is 57.4. The Bertz CT molecular complexity index is 1370. The maximum atomic E-state index is 12.4. The molecule has 0 radical (unpaired) electrons. The third-order valence-electron chi connectivity index (χ3n) is 4.14. The standard InChI is InChI=1S/C16H20N8O7/c1-6(2)31-5-7(25)4-24-9-10(23(3)16(30)20-13(9)28)17-14(24)22-21-8-11(26)18-15(29)19-12(8)27/h6-7,25H,4-5H2,1-3H3,(H,20,28,30)(H3,18,19,26,27,29). The highest BCUT2D eigenvalue weighted by atomic mass is 16.5. The van der Waals surface area contributed by atoms with Gasteiger partial charge in [0.05, 0.1) is 25.4 Å². The lowest BCUT2D eigenvalue weighted by Gasteiger charge is -2.15. The second-order valence-electron chi connectivity index (χ2n) is 6.85. The van der Waals surface area contributed by atoms with E-state index in [0.717, 1.165) is 4.57 Å². The number of imidazole rings is 1. The first kappa shape index (κ1) is 21.8. The van der Waals surface area contributed by atoms with E-state index in [1.54, 1.807) is 13.8 Å². The van der Waals surface area contributed by atoms with Crippen molar-refractivity contribution in [3.8, 4) is 5.88 Å². The minimum atomic E-state index is -1.07. The predicted molar refractivity (Wildman–Crippen MR) is 106 cm³/mol. The molecule has 0 spiro atoms. The van der Waals surface area contributed by atoms with Gasteiger partial charge in [-0.3, -0.25) is 33.7 Å². The third kappa shape index (κ3) is 4.51. The van der Waals surface area contributed by atoms with E-state index in [-0.39, 0.29) is 36.4 Å². The molecule has 0 aromatic carbocycles. The van der Waals surface area contributed by atoms with Crippen LogP contribution in [0.1, 0.15) is 13.8 Å². The maximum Gasteiger partial charge on any atom is 0.329 e. The molecular weight excluding hydrogens is 416 g/mol. The van der Waals surface area contributed by atoms with E-state index in [0.29, 0.717) is 0 Å². The van der Waals surface area contributed by atoms with E-state index < -0.39 is 40.2 Å². The average molecular weight is 436 g/mol. The van der Waals surface area contributed by atoms with Crippen LogP contribution in [0.4, 0.5) is 11.6 Å². The molecule has 0 aliphatic rings. The minimum absolute atomic E-state index is 0.0423. The summed E-state index contributed by atoms with van der Waals surface area (Å²) in [5, 5.41) is 27.4. The molecule has 1 atom stereocenters. The van der Waals surface area contributed by atoms with Gasteiger partial charge in [-0.25, -0.2) is 9.59 Å². The second-order valence-corrected chi connectivity index (χ2v) is 6.85. The van der Waals surface area contributed by atoms with Gasteiger partial charge in [0, 0.05) is 7.05 Å². The molecule has 3 rings (SSSR count). The van der Waals surface area contributed by atoms with E-state index in [4.69, 9.17) is 4.74 Å². The molecule has 0 saturated carbocycles. The highest BCUT2D eigenvalue weighted by Gasteiger charge is 2.20. The van der Waals surface area contributed by atoms with Crippen molar-refractivity contribution >= 4 is 22.8 Å². The van der Waals surface area contributed by atoms with Crippen LogP contribution in [0, 0.1) is 0 Å². The molecule has 0 aliphatic carbocycles. The molecule has 15 nitrogen and oxygen atoms in total. The lowest BCUT2D eigenvalue weighted by atomic mass is 10.3. The Balaban J connectivity index is 2.14. The van der Waals surface area contributed by atoms with Crippen LogP contribution in [0.25, 0.3) is 11.2 Å². The summed E-state index contributed by atoms with van der Waals surface area (Å²) in [6.07, 6.45) is -1.22. The number of aromatic hydroxyl groups is 1. The van der Waals surface area contributed by atoms with Gasteiger partial charge in [0.25, 0.3) is 17.1 Å². The molecule has 15 heteroatoms. The number of aromatic nitrogens is 6. The number of aryl methyl sites for hydroxylation is 1. The van der Waals surface area contributed by atoms with Crippen LogP contribution in [-0.4, -0.2) is 58.1 Å². The lowest BCUT2D eigenvalue weighted by Crippen LogP contribution is -2.30. The average Bonchev–Trinajstić information content (AvgIpc) is 3.02. The van der Waals surface area contributed by atoms with Gasteiger partial charge >= 0.3 is 11.4 Å². The van der Waals surface area contributed by atoms with Crippen molar-refractivity contribution < 1.29 is 14.9 Å². The first-order chi connectivity index (χ1) is 14.6. The SMILES string of the molecule is CC(C)OCC(O)Cn1c(N=Nc2c(O)[nH]c(=O)[nH]c2=O)nc2c1c(=O)[nH]c(=O)n2C. The first-order valence-corrected chi connectivity index (χ1v) is 9.05. The van der Waals surface area contributed by atoms with E-state index >= 15 is 0 Å². The summed E-state index contributed by atoms with van der Waals surface area (Å²) in [5.41, 5.74) is -4.16. The number of aliphatic hydroxyl groups is 1. The highest BCUT2D eigenvalue weighted by molar-refractivity contribution is 5.73. The zero-order chi connectivity index (χ0) is 22.9. The van der Waals surface area contributed by atoms with Crippen molar-refractivity contribution in [2.24, 2.45) is 17.3 Å². The van der Waals surface area contributed by atoms with Crippen molar-refractivity contribution in [3.05, 3.63) is 41.7 Å². The van der Waals surface area contributed by atoms with Crippen molar-refractivity contribution in [2.45, 2.75) is 32.6 Å². The number of aliphatic hydroxyl groups excluding tert-OH is 1. The van der Waals surface area contributed by atoms with E-state index in [1.165, 1.54) is 11.6 Å². The zero-order valence-corrected chi connectivity index (χ0v) is 16.7. The van der Waals surface area contributed by atoms with Crippen molar-refractivity contribution in [2.75, 3.05) is 6.61 Å². The van der Waals surface area contributed by atoms with Gasteiger partial charge in [-0.2, -0.15) is 4.98 Å². The van der Waals surface area contributed by atoms with Crippen LogP contribution < -0.4 is 22.5 Å². The molecule has 0 aliphatic heterocycles. The van der Waals surface area contributed by atoms with Crippen molar-refractivity contribution in [1.29, 1.82) is 0 Å². The zero-order valence-electron chi connectivity index (χ0n) is 16.7. The number of hydrogen-bond donors (Lipinski definition) is 5. The van der Waals surface area contributed by atoms with Crippen LogP contribution >= 0.6 is 0 Å². The number of nitrogens with zero attached hydrogens (tertiary/aromatic N) is 5. The smallest absolute Gasteiger partial charge is 0.329 e. The Morgan fingerprint density at radius 3 is 2.45 bits per heavy atom. The summed E-state index contributed by atoms with van der Waals surface area (Å²) in [6.45, 7) is 3.31. The molecule has 3 aromatic rings. The quantitative estimate of drug-likeness (QED) is 0.280. The van der Waals surface area contributed by atoms with Gasteiger partial charge < -0.3 is 14.9 Å². The fraction of sp³-hybridized carbons (Fsp3) is 0.438. The molecule has 166 valence electrons. The molecule has 5 N–H and O–H groups in total. The lowest BCUT2D eigenvalue weighted by molar-refractivity contribution is -0.000143. The number of ether oxygens (including phenoxy) is 1. The van der Waals surface area contributed by atoms with Crippen LogP contribution in [0.5, 0.6) is 5.88 Å². The Morgan fingerprint density at radius 2 is 1.81 bits per heavy atom. The molecule has 3 heterocycles. The van der Waals surface area contributed by atoms with Gasteiger partial charge in [-0.1, -0.05) is 0 Å². The number of hydrogen-bond acceptors (Lipinski definition) is 10. The van der Waals surface area contributed by atoms with Gasteiger partial charge in [0.2, 0.25) is 11.6 Å². The number of H-pyrrole nitrogens is 3. The van der Waals surface area contributed by atoms with E-state index in [9.17, 15) is 29.4 Å². The van der Waals surface area contributed by atoms with Gasteiger partial charge in [0.1, 0.15) is 0 Å². The van der Waals surface area contributed by atoms with Crippen LogP contribution in [-0.2, 0) is 18.3 Å². The Kier molecular flexibility index (Phi) is 5.98. The fourth-order valence-electron chi connectivity index (χ4n) is 2.69. The maximum absolute atomic E-state index is 12.4. The topological polar surface area (TPSA) is 213 Å². The summed E-state index contributed by atoms with van der Waals surface area (Å²) >= 11 is 0. The first-order valence-electron chi connectivity index (χ1n) is 9.05. The van der Waals surface area contributed by atoms with Gasteiger partial charge in [0.15, 0.2) is 11.2 Å². The largest absolute Gasteiger partial charge is 0.493 e. The second kappa shape index (κ2) is 8.49. The molecule has 0 amide bonds. The van der Waals surface area contributed by atoms with Gasteiger partial charge in [-0.05, 0) is 13.8 Å². The third-order valence-corrected chi connectivity index (χ3v) is 4.14. The number of nitrogens with one attached hydrogen (secondary N) is 3. The van der Waals surface area contributed by atoms with Gasteiger partial charge in [-0.15, -0.1) is 10.2 Å². The molecular formula is C16H20N8O7. The molecule has 0 bridgehead atoms. The Labute approximate surface area is 171 Å². The molecule has 1 unspecified atom stereocenters. The Hall–Kier alpha value is -3.85. The molecule has 3 aromatic heterocycles. The number of fused-ring (bicyclic) bond motifs is 1. The van der Waals surface area contributed by atoms with Crippen LogP contribution in [0.15, 0.2) is 29.4 Å². The summed E-state index contributed by atoms with van der Waals surface area (Å²) in [7, 11) is 1.37. The van der Waals surface area contributed by atoms with Crippen LogP contribution in [0.3, 0.4) is 0 Å². The number of azo groups is 1. The minimum Gasteiger partial charge on any atom is -0.493 e. The fourth-order valence-corrected chi connectivity index (χ4v) is 2.69. The predicted octanol–water partition coefficient (Wildman–Crippen LogP) is -1.29. The summed E-state index contributed by atoms with van der Waals surface area (Å²) in [5.74, 6) is -1.06. The molecule has 0 fully saturated rings. The van der Waals surface area contributed by atoms with E-state index in [2.05, 4.69) is 20.2 Å². The van der Waals surface area contributed by atoms with E-state index in [1.807, 2.05) is 9.97 Å². The van der Waals surface area contributed by atoms with Crippen molar-refractivity contribution in [3.63, 3.8) is 0 Å². The van der Waals surface area contributed by atoms with Crippen molar-refractivity contribution in [1.82, 2.24) is 29.1 Å². The van der Waals surface area contributed by atoms with Crippen LogP contribution in [0.2, 0.25) is 0 Å². The summed E-state index contributed by atoms with van der Waals surface area (Å²) < 4.78 is 7.62. The summed E-state index contributed by atoms with van der Waals surface area (Å²) in [6, 6.07) is 0. The highest BCUT2D eigenvalue weighted by Crippen LogP contribution is 2.23. The monoisotopic (exact) mass is 436 g/mol. The molecule has 0 saturated heterocycles. The molecule has 31 heavy (non-hydrogen) atoms. The normalized spacial score (nSPS) is 12.9.